The molecule has 1 heterocycles. The van der Waals surface area contributed by atoms with Crippen molar-refractivity contribution in [3.8, 4) is 11.5 Å². The molecule has 130 valence electrons. The van der Waals surface area contributed by atoms with Gasteiger partial charge in [0, 0.05) is 0 Å². The monoisotopic (exact) mass is 330 g/mol. The van der Waals surface area contributed by atoms with Crippen molar-refractivity contribution >= 4 is 12.2 Å². The molecule has 6 heteroatoms. The maximum Gasteiger partial charge on any atom is 0.221 e. The Morgan fingerprint density at radius 3 is 2.71 bits per heavy atom. The first-order valence-corrected chi connectivity index (χ1v) is 8.25. The van der Waals surface area contributed by atoms with E-state index in [1.807, 2.05) is 32.0 Å². The lowest BCUT2D eigenvalue weighted by Crippen LogP contribution is -2.04. The number of aromatic nitrogens is 2. The molecular formula is C18H26N4O2. The van der Waals surface area contributed by atoms with Gasteiger partial charge in [-0.25, -0.2) is 9.66 Å². The van der Waals surface area contributed by atoms with Crippen molar-refractivity contribution in [3.05, 3.63) is 35.7 Å². The molecule has 1 aromatic carbocycles. The summed E-state index contributed by atoms with van der Waals surface area (Å²) in [5, 5.41) is 4.32. The molecule has 24 heavy (non-hydrogen) atoms. The smallest absolute Gasteiger partial charge is 0.221 e. The molecule has 0 amide bonds. The highest BCUT2D eigenvalue weighted by Gasteiger charge is 2.07. The lowest BCUT2D eigenvalue weighted by molar-refractivity contribution is 0.261. The van der Waals surface area contributed by atoms with E-state index in [1.165, 1.54) is 0 Å². The van der Waals surface area contributed by atoms with Gasteiger partial charge in [0.25, 0.3) is 0 Å². The number of ether oxygens (including phenoxy) is 2. The lowest BCUT2D eigenvalue weighted by Gasteiger charge is -2.13. The summed E-state index contributed by atoms with van der Waals surface area (Å²) < 4.78 is 13.1. The Kier molecular flexibility index (Phi) is 6.23. The molecule has 0 saturated carbocycles. The van der Waals surface area contributed by atoms with Crippen molar-refractivity contribution in [2.24, 2.45) is 11.0 Å². The maximum absolute atomic E-state index is 5.84. The van der Waals surface area contributed by atoms with E-state index in [4.69, 9.17) is 15.2 Å². The fourth-order valence-electron chi connectivity index (χ4n) is 2.12. The summed E-state index contributed by atoms with van der Waals surface area (Å²) >= 11 is 0. The van der Waals surface area contributed by atoms with E-state index in [1.54, 1.807) is 17.1 Å². The predicted molar refractivity (Wildman–Crippen MR) is 96.9 cm³/mol. The average molecular weight is 330 g/mol. The van der Waals surface area contributed by atoms with E-state index in [9.17, 15) is 0 Å². The van der Waals surface area contributed by atoms with Crippen molar-refractivity contribution in [2.75, 3.05) is 18.9 Å². The number of nitrogen functional groups attached to an aromatic ring is 1. The highest BCUT2D eigenvalue weighted by atomic mass is 16.5. The van der Waals surface area contributed by atoms with Crippen LogP contribution in [0.5, 0.6) is 11.5 Å². The molecular weight excluding hydrogens is 304 g/mol. The Bertz CT molecular complexity index is 692. The van der Waals surface area contributed by atoms with E-state index in [0.717, 1.165) is 29.2 Å². The number of benzene rings is 1. The molecule has 6 nitrogen and oxygen atoms in total. The van der Waals surface area contributed by atoms with Crippen LogP contribution in [0.25, 0.3) is 0 Å². The van der Waals surface area contributed by atoms with Crippen molar-refractivity contribution in [1.29, 1.82) is 0 Å². The van der Waals surface area contributed by atoms with Gasteiger partial charge in [0.15, 0.2) is 11.5 Å². The zero-order chi connectivity index (χ0) is 17.5. The van der Waals surface area contributed by atoms with Gasteiger partial charge in [-0.3, -0.25) is 0 Å². The van der Waals surface area contributed by atoms with Crippen LogP contribution in [0.3, 0.4) is 0 Å². The molecule has 0 radical (unpaired) electrons. The molecule has 0 bridgehead atoms. The Balaban J connectivity index is 2.13. The largest absolute Gasteiger partial charge is 0.490 e. The van der Waals surface area contributed by atoms with Crippen LogP contribution in [-0.4, -0.2) is 29.1 Å². The SMILES string of the molecule is CCOc1cc(C=Nn2cc(C)nc2N)ccc1OCCC(C)C. The van der Waals surface area contributed by atoms with Crippen LogP contribution in [0.4, 0.5) is 5.95 Å². The average Bonchev–Trinajstić information content (AvgIpc) is 2.85. The van der Waals surface area contributed by atoms with E-state index < -0.39 is 0 Å². The first kappa shape index (κ1) is 17.8. The summed E-state index contributed by atoms with van der Waals surface area (Å²) in [6, 6.07) is 5.77. The van der Waals surface area contributed by atoms with E-state index in [-0.39, 0.29) is 0 Å². The van der Waals surface area contributed by atoms with Crippen LogP contribution in [0.1, 0.15) is 38.4 Å². The summed E-state index contributed by atoms with van der Waals surface area (Å²) in [5.41, 5.74) is 7.51. The van der Waals surface area contributed by atoms with Gasteiger partial charge in [0.05, 0.1) is 31.3 Å². The summed E-state index contributed by atoms with van der Waals surface area (Å²) in [6.45, 7) is 9.43. The Hall–Kier alpha value is -2.50. The van der Waals surface area contributed by atoms with E-state index in [2.05, 4.69) is 23.9 Å². The molecule has 2 N–H and O–H groups in total. The minimum absolute atomic E-state index is 0.363. The first-order chi connectivity index (χ1) is 11.5. The van der Waals surface area contributed by atoms with E-state index >= 15 is 0 Å². The van der Waals surface area contributed by atoms with Crippen LogP contribution < -0.4 is 15.2 Å². The fraction of sp³-hybridized carbons (Fsp3) is 0.444. The highest BCUT2D eigenvalue weighted by molar-refractivity contribution is 5.81. The zero-order valence-electron chi connectivity index (χ0n) is 14.8. The summed E-state index contributed by atoms with van der Waals surface area (Å²) in [4.78, 5) is 4.11. The molecule has 1 aromatic heterocycles. The van der Waals surface area contributed by atoms with Gasteiger partial charge in [0.1, 0.15) is 0 Å². The maximum atomic E-state index is 5.84. The molecule has 0 aliphatic rings. The first-order valence-electron chi connectivity index (χ1n) is 8.25. The Morgan fingerprint density at radius 2 is 2.08 bits per heavy atom. The summed E-state index contributed by atoms with van der Waals surface area (Å²) in [5.74, 6) is 2.45. The topological polar surface area (TPSA) is 74.7 Å². The Labute approximate surface area is 143 Å². The number of rotatable bonds is 8. The summed E-state index contributed by atoms with van der Waals surface area (Å²) in [6.07, 6.45) is 4.50. The standard InChI is InChI=1S/C18H26N4O2/c1-5-23-17-10-15(6-7-16(17)24-9-8-13(2)3)11-20-22-12-14(4)21-18(22)19/h6-7,10-13H,5,8-9H2,1-4H3,(H2,19,21). The number of nitrogens with zero attached hydrogens (tertiary/aromatic N) is 3. The zero-order valence-corrected chi connectivity index (χ0v) is 14.8. The van der Waals surface area contributed by atoms with Gasteiger partial charge in [-0.15, -0.1) is 0 Å². The predicted octanol–water partition coefficient (Wildman–Crippen LogP) is 3.48. The van der Waals surface area contributed by atoms with Crippen molar-refractivity contribution < 1.29 is 9.47 Å². The van der Waals surface area contributed by atoms with E-state index in [0.29, 0.717) is 25.1 Å². The molecule has 0 fully saturated rings. The molecule has 0 unspecified atom stereocenters. The van der Waals surface area contributed by atoms with Crippen LogP contribution >= 0.6 is 0 Å². The second kappa shape index (κ2) is 8.38. The molecule has 2 aromatic rings. The molecule has 0 aliphatic carbocycles. The second-order valence-electron chi connectivity index (χ2n) is 6.00. The lowest BCUT2D eigenvalue weighted by atomic mass is 10.1. The van der Waals surface area contributed by atoms with Crippen LogP contribution in [0.15, 0.2) is 29.5 Å². The third-order valence-corrected chi connectivity index (χ3v) is 3.39. The van der Waals surface area contributed by atoms with Gasteiger partial charge in [-0.1, -0.05) is 13.8 Å². The second-order valence-corrected chi connectivity index (χ2v) is 6.00. The van der Waals surface area contributed by atoms with Crippen LogP contribution in [0.2, 0.25) is 0 Å². The van der Waals surface area contributed by atoms with Crippen molar-refractivity contribution in [3.63, 3.8) is 0 Å². The number of anilines is 1. The number of hydrogen-bond donors (Lipinski definition) is 1. The number of aryl methyl sites for hydroxylation is 1. The molecule has 0 atom stereocenters. The molecule has 0 saturated heterocycles. The number of imidazole rings is 1. The minimum atomic E-state index is 0.363. The van der Waals surface area contributed by atoms with Gasteiger partial charge >= 0.3 is 0 Å². The third kappa shape index (κ3) is 5.01. The quantitative estimate of drug-likeness (QED) is 0.752. The molecule has 0 spiro atoms. The number of hydrogen-bond acceptors (Lipinski definition) is 5. The third-order valence-electron chi connectivity index (χ3n) is 3.39. The van der Waals surface area contributed by atoms with Crippen molar-refractivity contribution in [2.45, 2.75) is 34.1 Å². The van der Waals surface area contributed by atoms with Crippen LogP contribution in [0, 0.1) is 12.8 Å². The van der Waals surface area contributed by atoms with Gasteiger partial charge in [-0.2, -0.15) is 5.10 Å². The fourth-order valence-corrected chi connectivity index (χ4v) is 2.12. The van der Waals surface area contributed by atoms with Gasteiger partial charge < -0.3 is 15.2 Å². The molecule has 2 rings (SSSR count). The summed E-state index contributed by atoms with van der Waals surface area (Å²) in [7, 11) is 0. The van der Waals surface area contributed by atoms with Gasteiger partial charge in [-0.05, 0) is 49.9 Å². The number of nitrogens with two attached hydrogens (primary N) is 1. The molecule has 0 aliphatic heterocycles. The normalized spacial score (nSPS) is 11.4. The minimum Gasteiger partial charge on any atom is -0.490 e. The van der Waals surface area contributed by atoms with Crippen molar-refractivity contribution in [1.82, 2.24) is 9.66 Å². The van der Waals surface area contributed by atoms with Gasteiger partial charge in [0.2, 0.25) is 5.95 Å². The van der Waals surface area contributed by atoms with Crippen LogP contribution in [-0.2, 0) is 0 Å². The Morgan fingerprint density at radius 1 is 1.29 bits per heavy atom. The highest BCUT2D eigenvalue weighted by Crippen LogP contribution is 2.28.